The Kier molecular flexibility index (Phi) is 7.62. The number of hydrogen-bond donors (Lipinski definition) is 2. The van der Waals surface area contributed by atoms with Gasteiger partial charge in [-0.1, -0.05) is 18.2 Å². The average Bonchev–Trinajstić information content (AvgIpc) is 2.84. The molecule has 1 aliphatic rings. The van der Waals surface area contributed by atoms with Gasteiger partial charge in [-0.05, 0) is 79.8 Å². The van der Waals surface area contributed by atoms with E-state index in [0.29, 0.717) is 18.9 Å². The monoisotopic (exact) mass is 508 g/mol. The first kappa shape index (κ1) is 26.7. The molecule has 37 heavy (non-hydrogen) atoms. The van der Waals surface area contributed by atoms with Crippen LogP contribution in [0, 0.1) is 6.92 Å². The van der Waals surface area contributed by atoms with E-state index in [1.165, 1.54) is 17.8 Å². The molecule has 1 aliphatic heterocycles. The summed E-state index contributed by atoms with van der Waals surface area (Å²) in [5.74, 6) is -3.60. The Bertz CT molecular complexity index is 1290. The van der Waals surface area contributed by atoms with Crippen molar-refractivity contribution in [2.24, 2.45) is 5.73 Å². The molecule has 0 spiro atoms. The van der Waals surface area contributed by atoms with Gasteiger partial charge >= 0.3 is 0 Å². The minimum atomic E-state index is -3.13. The second kappa shape index (κ2) is 10.6. The van der Waals surface area contributed by atoms with Crippen molar-refractivity contribution in [2.45, 2.75) is 45.6 Å². The summed E-state index contributed by atoms with van der Waals surface area (Å²) in [5.41, 5.74) is 11.8. The number of carbonyl (C=O) groups is 1. The first-order valence-electron chi connectivity index (χ1n) is 12.5. The molecule has 3 N–H and O–H groups in total. The molecule has 1 atom stereocenters. The Morgan fingerprint density at radius 3 is 2.73 bits per heavy atom. The topological polar surface area (TPSA) is 80.5 Å². The zero-order valence-electron chi connectivity index (χ0n) is 21.8. The molecule has 2 heterocycles. The fourth-order valence-corrected chi connectivity index (χ4v) is 4.73. The van der Waals surface area contributed by atoms with Crippen LogP contribution in [-0.4, -0.2) is 42.7 Å². The molecule has 3 aromatic rings. The summed E-state index contributed by atoms with van der Waals surface area (Å²) in [5, 5.41) is 2.84. The van der Waals surface area contributed by atoms with E-state index < -0.39 is 17.5 Å². The number of halogens is 2. The Morgan fingerprint density at radius 2 is 2.00 bits per heavy atom. The molecule has 2 aromatic carbocycles. The summed E-state index contributed by atoms with van der Waals surface area (Å²) in [7, 11) is 0. The van der Waals surface area contributed by atoms with Crippen molar-refractivity contribution in [1.29, 1.82) is 0 Å². The second-order valence-electron chi connectivity index (χ2n) is 10.1. The molecule has 196 valence electrons. The van der Waals surface area contributed by atoms with Crippen LogP contribution in [0.4, 0.5) is 20.2 Å². The van der Waals surface area contributed by atoms with Gasteiger partial charge in [0.1, 0.15) is 5.69 Å². The largest absolute Gasteiger partial charge is 0.380 e. The van der Waals surface area contributed by atoms with E-state index >= 15 is 0 Å². The first-order chi connectivity index (χ1) is 17.5. The van der Waals surface area contributed by atoms with Gasteiger partial charge in [0, 0.05) is 55.3 Å². The van der Waals surface area contributed by atoms with Crippen LogP contribution in [0.15, 0.2) is 54.7 Å². The van der Waals surface area contributed by atoms with Crippen LogP contribution in [0.3, 0.4) is 0 Å². The maximum Gasteiger partial charge on any atom is 0.286 e. The molecule has 0 bridgehead atoms. The summed E-state index contributed by atoms with van der Waals surface area (Å²) in [6.07, 6.45) is 2.01. The molecule has 0 saturated heterocycles. The second-order valence-corrected chi connectivity index (χ2v) is 10.1. The van der Waals surface area contributed by atoms with Crippen molar-refractivity contribution in [1.82, 2.24) is 4.98 Å². The number of amides is 1. The molecular weight excluding hydrogens is 474 g/mol. The van der Waals surface area contributed by atoms with E-state index in [1.807, 2.05) is 26.0 Å². The highest BCUT2D eigenvalue weighted by atomic mass is 19.3. The first-order valence-corrected chi connectivity index (χ1v) is 12.5. The number of nitrogens with two attached hydrogens (primary N) is 1. The fourth-order valence-electron chi connectivity index (χ4n) is 4.73. The SMILES string of the molecule is CCOCCN1C[C@](C)(N)Cc2ccc(-c3cc(NC(=O)c4ccnc(C(C)(F)F)c4)ccc3C)cc21. The van der Waals surface area contributed by atoms with Crippen molar-refractivity contribution in [3.8, 4) is 11.1 Å². The number of nitrogens with zero attached hydrogens (tertiary/aromatic N) is 2. The Balaban J connectivity index is 1.61. The lowest BCUT2D eigenvalue weighted by Crippen LogP contribution is -2.53. The number of fused-ring (bicyclic) bond motifs is 1. The third-order valence-corrected chi connectivity index (χ3v) is 6.56. The highest BCUT2D eigenvalue weighted by molar-refractivity contribution is 6.04. The molecule has 8 heteroatoms. The molecule has 0 fully saturated rings. The molecule has 0 aliphatic carbocycles. The third kappa shape index (κ3) is 6.32. The van der Waals surface area contributed by atoms with Crippen LogP contribution in [0.1, 0.15) is 48.0 Å². The number of anilines is 2. The highest BCUT2D eigenvalue weighted by Gasteiger charge is 2.31. The van der Waals surface area contributed by atoms with Crippen LogP contribution in [0.5, 0.6) is 0 Å². The lowest BCUT2D eigenvalue weighted by molar-refractivity contribution is 0.0127. The Hall–Kier alpha value is -3.36. The fraction of sp³-hybridized carbons (Fsp3) is 0.379. The van der Waals surface area contributed by atoms with E-state index in [-0.39, 0.29) is 11.1 Å². The molecule has 6 nitrogen and oxygen atoms in total. The smallest absolute Gasteiger partial charge is 0.286 e. The van der Waals surface area contributed by atoms with E-state index in [2.05, 4.69) is 40.3 Å². The van der Waals surface area contributed by atoms with E-state index in [4.69, 9.17) is 10.5 Å². The van der Waals surface area contributed by atoms with Crippen LogP contribution < -0.4 is 16.0 Å². The number of ether oxygens (including phenoxy) is 1. The summed E-state index contributed by atoms with van der Waals surface area (Å²) in [6, 6.07) is 14.6. The van der Waals surface area contributed by atoms with Crippen LogP contribution in [0.25, 0.3) is 11.1 Å². The lowest BCUT2D eigenvalue weighted by Gasteiger charge is -2.41. The number of pyridine rings is 1. The van der Waals surface area contributed by atoms with Crippen molar-refractivity contribution in [3.63, 3.8) is 0 Å². The number of hydrogen-bond acceptors (Lipinski definition) is 5. The standard InChI is InChI=1S/C29H34F2N4O2/c1-5-37-13-12-35-18-28(3,32)17-22-8-7-20(14-25(22)35)24-16-23(9-6-19(24)2)34-27(36)21-10-11-33-26(15-21)29(4,30)31/h6-11,14-16H,5,12-13,17-18,32H2,1-4H3,(H,34,36)/t28-/m1/s1. The van der Waals surface area contributed by atoms with Gasteiger partial charge in [0.05, 0.1) is 6.61 Å². The molecule has 0 radical (unpaired) electrons. The lowest BCUT2D eigenvalue weighted by atomic mass is 9.86. The summed E-state index contributed by atoms with van der Waals surface area (Å²) >= 11 is 0. The van der Waals surface area contributed by atoms with E-state index in [0.717, 1.165) is 54.9 Å². The van der Waals surface area contributed by atoms with Crippen LogP contribution >= 0.6 is 0 Å². The number of aromatic nitrogens is 1. The number of alkyl halides is 2. The number of nitrogens with one attached hydrogen (secondary N) is 1. The molecule has 0 unspecified atom stereocenters. The predicted molar refractivity (Wildman–Crippen MR) is 143 cm³/mol. The van der Waals surface area contributed by atoms with Crippen molar-refractivity contribution in [3.05, 3.63) is 77.1 Å². The molecule has 1 aromatic heterocycles. The van der Waals surface area contributed by atoms with Crippen molar-refractivity contribution < 1.29 is 18.3 Å². The number of carbonyl (C=O) groups excluding carboxylic acids is 1. The van der Waals surface area contributed by atoms with Gasteiger partial charge in [-0.15, -0.1) is 0 Å². The van der Waals surface area contributed by atoms with Crippen LogP contribution in [-0.2, 0) is 17.1 Å². The number of rotatable bonds is 8. The van der Waals surface area contributed by atoms with Crippen LogP contribution in [0.2, 0.25) is 0 Å². The zero-order valence-corrected chi connectivity index (χ0v) is 21.8. The summed E-state index contributed by atoms with van der Waals surface area (Å²) in [6.45, 7) is 9.60. The minimum absolute atomic E-state index is 0.122. The predicted octanol–water partition coefficient (Wildman–Crippen LogP) is 5.54. The average molecular weight is 509 g/mol. The van der Waals surface area contributed by atoms with E-state index in [9.17, 15) is 13.6 Å². The van der Waals surface area contributed by atoms with Gasteiger partial charge in [-0.2, -0.15) is 8.78 Å². The quantitative estimate of drug-likeness (QED) is 0.391. The third-order valence-electron chi connectivity index (χ3n) is 6.56. The summed E-state index contributed by atoms with van der Waals surface area (Å²) < 4.78 is 33.0. The maximum absolute atomic E-state index is 13.7. The zero-order chi connectivity index (χ0) is 26.8. The number of benzene rings is 2. The molecule has 1 amide bonds. The minimum Gasteiger partial charge on any atom is -0.380 e. The molecule has 0 saturated carbocycles. The normalized spacial score (nSPS) is 17.4. The van der Waals surface area contributed by atoms with E-state index in [1.54, 1.807) is 6.07 Å². The van der Waals surface area contributed by atoms with Gasteiger partial charge in [0.15, 0.2) is 0 Å². The van der Waals surface area contributed by atoms with Gasteiger partial charge in [0.2, 0.25) is 0 Å². The molecular formula is C29H34F2N4O2. The van der Waals surface area contributed by atoms with Gasteiger partial charge in [0.25, 0.3) is 11.8 Å². The molecule has 4 rings (SSSR count). The number of aryl methyl sites for hydroxylation is 1. The summed E-state index contributed by atoms with van der Waals surface area (Å²) in [4.78, 5) is 18.8. The Morgan fingerprint density at radius 1 is 1.22 bits per heavy atom. The maximum atomic E-state index is 13.7. The van der Waals surface area contributed by atoms with Gasteiger partial charge in [-0.25, -0.2) is 0 Å². The van der Waals surface area contributed by atoms with Gasteiger partial charge < -0.3 is 20.7 Å². The highest BCUT2D eigenvalue weighted by Crippen LogP contribution is 2.36. The van der Waals surface area contributed by atoms with Gasteiger partial charge in [-0.3, -0.25) is 9.78 Å². The van der Waals surface area contributed by atoms with Crippen molar-refractivity contribution in [2.75, 3.05) is 36.5 Å². The Labute approximate surface area is 216 Å². The van der Waals surface area contributed by atoms with Crippen molar-refractivity contribution >= 4 is 17.3 Å².